The van der Waals surface area contributed by atoms with E-state index in [0.717, 1.165) is 0 Å². The fourth-order valence-corrected chi connectivity index (χ4v) is 3.32. The van der Waals surface area contributed by atoms with Crippen molar-refractivity contribution in [3.8, 4) is 11.5 Å². The molecule has 1 heterocycles. The summed E-state index contributed by atoms with van der Waals surface area (Å²) in [5, 5.41) is 4.03. The molecule has 2 amide bonds. The second kappa shape index (κ2) is 9.87. The molecule has 0 spiro atoms. The summed E-state index contributed by atoms with van der Waals surface area (Å²) in [7, 11) is 3.12. The van der Waals surface area contributed by atoms with E-state index in [0.29, 0.717) is 48.6 Å². The topological polar surface area (TPSA) is 80.2 Å². The van der Waals surface area contributed by atoms with Crippen molar-refractivity contribution >= 4 is 18.0 Å². The number of hydrogen-bond acceptors (Lipinski definition) is 5. The van der Waals surface area contributed by atoms with Gasteiger partial charge in [0, 0.05) is 30.1 Å². The Morgan fingerprint density at radius 2 is 1.80 bits per heavy atom. The van der Waals surface area contributed by atoms with Crippen LogP contribution in [0.2, 0.25) is 0 Å². The van der Waals surface area contributed by atoms with Crippen LogP contribution in [0, 0.1) is 11.7 Å². The summed E-state index contributed by atoms with van der Waals surface area (Å²) in [5.74, 6) is 0.308. The Kier molecular flexibility index (Phi) is 7.00. The number of hydrazone groups is 1. The molecule has 0 atom stereocenters. The molecule has 30 heavy (non-hydrogen) atoms. The minimum atomic E-state index is -0.381. The highest BCUT2D eigenvalue weighted by molar-refractivity contribution is 5.94. The second-order valence-corrected chi connectivity index (χ2v) is 6.92. The Labute approximate surface area is 174 Å². The SMILES string of the molecule is COc1ccc(OC)c(/C=N/NC(=O)C2CCN(C(=O)c3ccc(F)cc3)CC2)c1. The number of carbonyl (C=O) groups is 2. The Hall–Kier alpha value is -3.42. The Bertz CT molecular complexity index is 922. The third-order valence-corrected chi connectivity index (χ3v) is 5.06. The van der Waals surface area contributed by atoms with E-state index in [9.17, 15) is 14.0 Å². The molecule has 0 saturated carbocycles. The number of halogens is 1. The highest BCUT2D eigenvalue weighted by Gasteiger charge is 2.27. The van der Waals surface area contributed by atoms with Crippen molar-refractivity contribution in [1.82, 2.24) is 10.3 Å². The number of methoxy groups -OCH3 is 2. The van der Waals surface area contributed by atoms with Crippen LogP contribution in [0.25, 0.3) is 0 Å². The molecule has 1 aliphatic rings. The van der Waals surface area contributed by atoms with Gasteiger partial charge in [-0.3, -0.25) is 9.59 Å². The van der Waals surface area contributed by atoms with Crippen molar-refractivity contribution in [3.05, 3.63) is 59.4 Å². The summed E-state index contributed by atoms with van der Waals surface area (Å²) in [6.45, 7) is 0.920. The van der Waals surface area contributed by atoms with Gasteiger partial charge in [-0.2, -0.15) is 5.10 Å². The molecule has 2 aromatic rings. The molecule has 0 radical (unpaired) electrons. The van der Waals surface area contributed by atoms with Gasteiger partial charge in [-0.1, -0.05) is 0 Å². The van der Waals surface area contributed by atoms with Gasteiger partial charge in [-0.05, 0) is 55.3 Å². The number of hydrogen-bond donors (Lipinski definition) is 1. The van der Waals surface area contributed by atoms with E-state index in [1.807, 2.05) is 0 Å². The monoisotopic (exact) mass is 413 g/mol. The molecule has 2 aromatic carbocycles. The second-order valence-electron chi connectivity index (χ2n) is 6.92. The third-order valence-electron chi connectivity index (χ3n) is 5.06. The van der Waals surface area contributed by atoms with Gasteiger partial charge in [0.2, 0.25) is 5.91 Å². The molecule has 1 saturated heterocycles. The molecule has 8 heteroatoms. The minimum absolute atomic E-state index is 0.156. The first kappa shape index (κ1) is 21.3. The highest BCUT2D eigenvalue weighted by Crippen LogP contribution is 2.22. The number of nitrogens with zero attached hydrogens (tertiary/aromatic N) is 2. The quantitative estimate of drug-likeness (QED) is 0.583. The first-order valence-electron chi connectivity index (χ1n) is 9.61. The lowest BCUT2D eigenvalue weighted by Gasteiger charge is -2.31. The summed E-state index contributed by atoms with van der Waals surface area (Å²) in [5.41, 5.74) is 3.68. The normalized spacial score (nSPS) is 14.6. The molecular formula is C22H24FN3O4. The zero-order chi connectivity index (χ0) is 21.5. The Balaban J connectivity index is 1.52. The summed E-state index contributed by atoms with van der Waals surface area (Å²) in [6.07, 6.45) is 2.58. The minimum Gasteiger partial charge on any atom is -0.497 e. The van der Waals surface area contributed by atoms with Crippen molar-refractivity contribution in [1.29, 1.82) is 0 Å². The molecule has 1 aliphatic heterocycles. The molecule has 0 aromatic heterocycles. The van der Waals surface area contributed by atoms with Crippen molar-refractivity contribution in [2.45, 2.75) is 12.8 Å². The van der Waals surface area contributed by atoms with Crippen LogP contribution in [-0.2, 0) is 4.79 Å². The summed E-state index contributed by atoms with van der Waals surface area (Å²) in [4.78, 5) is 26.6. The maximum absolute atomic E-state index is 13.0. The number of rotatable bonds is 6. The van der Waals surface area contributed by atoms with Crippen LogP contribution in [0.15, 0.2) is 47.6 Å². The van der Waals surface area contributed by atoms with Gasteiger partial charge in [-0.15, -0.1) is 0 Å². The molecule has 158 valence electrons. The summed E-state index contributed by atoms with van der Waals surface area (Å²) in [6, 6.07) is 10.8. The number of likely N-dealkylation sites (tertiary alicyclic amines) is 1. The third kappa shape index (κ3) is 5.14. The van der Waals surface area contributed by atoms with Gasteiger partial charge in [0.05, 0.1) is 20.4 Å². The average Bonchev–Trinajstić information content (AvgIpc) is 2.79. The van der Waals surface area contributed by atoms with Gasteiger partial charge >= 0.3 is 0 Å². The number of nitrogens with one attached hydrogen (secondary N) is 1. The van der Waals surface area contributed by atoms with Gasteiger partial charge < -0.3 is 14.4 Å². The molecule has 1 N–H and O–H groups in total. The van der Waals surface area contributed by atoms with Crippen molar-refractivity contribution in [3.63, 3.8) is 0 Å². The average molecular weight is 413 g/mol. The summed E-state index contributed by atoms with van der Waals surface area (Å²) >= 11 is 0. The fraction of sp³-hybridized carbons (Fsp3) is 0.318. The Morgan fingerprint density at radius 3 is 2.43 bits per heavy atom. The van der Waals surface area contributed by atoms with E-state index >= 15 is 0 Å². The lowest BCUT2D eigenvalue weighted by Crippen LogP contribution is -2.42. The zero-order valence-corrected chi connectivity index (χ0v) is 16.9. The van der Waals surface area contributed by atoms with Crippen LogP contribution < -0.4 is 14.9 Å². The van der Waals surface area contributed by atoms with Crippen LogP contribution in [-0.4, -0.2) is 50.2 Å². The van der Waals surface area contributed by atoms with E-state index in [1.165, 1.54) is 30.5 Å². The molecule has 0 unspecified atom stereocenters. The van der Waals surface area contributed by atoms with Crippen LogP contribution in [0.1, 0.15) is 28.8 Å². The summed E-state index contributed by atoms with van der Waals surface area (Å²) < 4.78 is 23.5. The molecule has 1 fully saturated rings. The number of piperidine rings is 1. The van der Waals surface area contributed by atoms with E-state index in [1.54, 1.807) is 37.3 Å². The van der Waals surface area contributed by atoms with Crippen molar-refractivity contribution in [2.24, 2.45) is 11.0 Å². The van der Waals surface area contributed by atoms with E-state index in [2.05, 4.69) is 10.5 Å². The lowest BCUT2D eigenvalue weighted by molar-refractivity contribution is -0.126. The number of carbonyl (C=O) groups excluding carboxylic acids is 2. The molecule has 3 rings (SSSR count). The zero-order valence-electron chi connectivity index (χ0n) is 16.9. The van der Waals surface area contributed by atoms with Gasteiger partial charge in [-0.25, -0.2) is 9.82 Å². The predicted octanol–water partition coefficient (Wildman–Crippen LogP) is 2.85. The van der Waals surface area contributed by atoms with Crippen molar-refractivity contribution < 1.29 is 23.5 Å². The van der Waals surface area contributed by atoms with Crippen LogP contribution >= 0.6 is 0 Å². The van der Waals surface area contributed by atoms with Crippen LogP contribution in [0.4, 0.5) is 4.39 Å². The van der Waals surface area contributed by atoms with Crippen LogP contribution in [0.5, 0.6) is 11.5 Å². The predicted molar refractivity (Wildman–Crippen MR) is 110 cm³/mol. The highest BCUT2D eigenvalue weighted by atomic mass is 19.1. The number of amides is 2. The van der Waals surface area contributed by atoms with Crippen molar-refractivity contribution in [2.75, 3.05) is 27.3 Å². The standard InChI is InChI=1S/C22H24FN3O4/c1-29-19-7-8-20(30-2)17(13-19)14-24-25-21(27)15-9-11-26(12-10-15)22(28)16-3-5-18(23)6-4-16/h3-8,13-15H,9-12H2,1-2H3,(H,25,27)/b24-14+. The van der Waals surface area contributed by atoms with E-state index < -0.39 is 0 Å². The Morgan fingerprint density at radius 1 is 1.10 bits per heavy atom. The van der Waals surface area contributed by atoms with Gasteiger partial charge in [0.25, 0.3) is 5.91 Å². The smallest absolute Gasteiger partial charge is 0.253 e. The largest absolute Gasteiger partial charge is 0.497 e. The lowest BCUT2D eigenvalue weighted by atomic mass is 9.95. The maximum atomic E-state index is 13.0. The van der Waals surface area contributed by atoms with Crippen LogP contribution in [0.3, 0.4) is 0 Å². The number of benzene rings is 2. The maximum Gasteiger partial charge on any atom is 0.253 e. The molecule has 7 nitrogen and oxygen atoms in total. The molecule has 0 bridgehead atoms. The first-order valence-corrected chi connectivity index (χ1v) is 9.61. The molecule has 0 aliphatic carbocycles. The molecular weight excluding hydrogens is 389 g/mol. The van der Waals surface area contributed by atoms with Gasteiger partial charge in [0.15, 0.2) is 0 Å². The fourth-order valence-electron chi connectivity index (χ4n) is 3.32. The number of ether oxygens (including phenoxy) is 2. The van der Waals surface area contributed by atoms with Gasteiger partial charge in [0.1, 0.15) is 17.3 Å². The van der Waals surface area contributed by atoms with E-state index in [-0.39, 0.29) is 23.5 Å². The first-order chi connectivity index (χ1) is 14.5. The van der Waals surface area contributed by atoms with E-state index in [4.69, 9.17) is 9.47 Å².